The standard InChI is InChI=1S/C12H23N/c1-5-6-7-8-12(4)9-10-13-11(2)3/h1,11-13H,6-10H2,2-4H3. The number of nitrogens with one attached hydrogen (secondary N) is 1. The zero-order valence-electron chi connectivity index (χ0n) is 9.27. The number of hydrogen-bond donors (Lipinski definition) is 1. The fourth-order valence-corrected chi connectivity index (χ4v) is 1.32. The third kappa shape index (κ3) is 9.43. The second kappa shape index (κ2) is 8.13. The molecule has 0 aliphatic carbocycles. The fourth-order valence-electron chi connectivity index (χ4n) is 1.32. The molecule has 0 aliphatic rings. The molecule has 0 fully saturated rings. The van der Waals surface area contributed by atoms with Crippen molar-refractivity contribution in [2.45, 2.75) is 52.5 Å². The molecule has 1 nitrogen and oxygen atoms in total. The van der Waals surface area contributed by atoms with Crippen molar-refractivity contribution in [3.8, 4) is 12.3 Å². The van der Waals surface area contributed by atoms with Crippen LogP contribution in [-0.4, -0.2) is 12.6 Å². The van der Waals surface area contributed by atoms with Gasteiger partial charge in [0.15, 0.2) is 0 Å². The van der Waals surface area contributed by atoms with Gasteiger partial charge in [-0.3, -0.25) is 0 Å². The highest BCUT2D eigenvalue weighted by atomic mass is 14.9. The summed E-state index contributed by atoms with van der Waals surface area (Å²) in [7, 11) is 0. The normalized spacial score (nSPS) is 12.8. The maximum absolute atomic E-state index is 5.19. The first-order valence-corrected chi connectivity index (χ1v) is 5.33. The topological polar surface area (TPSA) is 12.0 Å². The monoisotopic (exact) mass is 181 g/mol. The van der Waals surface area contributed by atoms with Crippen LogP contribution in [0.25, 0.3) is 0 Å². The Kier molecular flexibility index (Phi) is 7.83. The van der Waals surface area contributed by atoms with Crippen molar-refractivity contribution in [1.29, 1.82) is 0 Å². The molecule has 0 aromatic rings. The molecule has 0 spiro atoms. The van der Waals surface area contributed by atoms with Crippen LogP contribution in [0.1, 0.15) is 46.5 Å². The van der Waals surface area contributed by atoms with Crippen molar-refractivity contribution in [2.24, 2.45) is 5.92 Å². The lowest BCUT2D eigenvalue weighted by Gasteiger charge is -2.12. The highest BCUT2D eigenvalue weighted by Crippen LogP contribution is 2.10. The minimum Gasteiger partial charge on any atom is -0.315 e. The van der Waals surface area contributed by atoms with Crippen LogP contribution < -0.4 is 5.32 Å². The molecule has 0 radical (unpaired) electrons. The lowest BCUT2D eigenvalue weighted by Crippen LogP contribution is -2.24. The maximum Gasteiger partial charge on any atom is 0.00861 e. The van der Waals surface area contributed by atoms with Crippen molar-refractivity contribution < 1.29 is 0 Å². The molecule has 0 saturated heterocycles. The van der Waals surface area contributed by atoms with Gasteiger partial charge in [-0.25, -0.2) is 0 Å². The van der Waals surface area contributed by atoms with E-state index in [2.05, 4.69) is 32.0 Å². The molecule has 1 heteroatoms. The van der Waals surface area contributed by atoms with E-state index in [0.717, 1.165) is 18.9 Å². The van der Waals surface area contributed by atoms with E-state index in [1.807, 2.05) is 0 Å². The molecule has 0 aromatic carbocycles. The van der Waals surface area contributed by atoms with Gasteiger partial charge in [-0.15, -0.1) is 12.3 Å². The molecule has 0 aliphatic heterocycles. The van der Waals surface area contributed by atoms with Gasteiger partial charge >= 0.3 is 0 Å². The van der Waals surface area contributed by atoms with E-state index in [1.54, 1.807) is 0 Å². The summed E-state index contributed by atoms with van der Waals surface area (Å²) in [5.41, 5.74) is 0. The summed E-state index contributed by atoms with van der Waals surface area (Å²) in [5, 5.41) is 3.43. The summed E-state index contributed by atoms with van der Waals surface area (Å²) in [4.78, 5) is 0. The van der Waals surface area contributed by atoms with E-state index >= 15 is 0 Å². The third-order valence-electron chi connectivity index (χ3n) is 2.21. The Hall–Kier alpha value is -0.480. The van der Waals surface area contributed by atoms with Crippen LogP contribution in [0.2, 0.25) is 0 Å². The Bertz CT molecular complexity index is 144. The van der Waals surface area contributed by atoms with E-state index in [1.165, 1.54) is 19.3 Å². The van der Waals surface area contributed by atoms with Crippen LogP contribution in [0, 0.1) is 18.3 Å². The average molecular weight is 181 g/mol. The van der Waals surface area contributed by atoms with Gasteiger partial charge < -0.3 is 5.32 Å². The summed E-state index contributed by atoms with van der Waals surface area (Å²) in [6.07, 6.45) is 9.84. The average Bonchev–Trinajstić information content (AvgIpc) is 2.04. The quantitative estimate of drug-likeness (QED) is 0.470. The Morgan fingerprint density at radius 3 is 2.46 bits per heavy atom. The van der Waals surface area contributed by atoms with Gasteiger partial charge in [-0.2, -0.15) is 0 Å². The molecule has 1 unspecified atom stereocenters. The predicted molar refractivity (Wildman–Crippen MR) is 59.6 cm³/mol. The Morgan fingerprint density at radius 1 is 1.23 bits per heavy atom. The lowest BCUT2D eigenvalue weighted by molar-refractivity contribution is 0.445. The molecule has 1 atom stereocenters. The molecule has 1 N–H and O–H groups in total. The van der Waals surface area contributed by atoms with Gasteiger partial charge in [0.2, 0.25) is 0 Å². The van der Waals surface area contributed by atoms with Crippen molar-refractivity contribution >= 4 is 0 Å². The maximum atomic E-state index is 5.19. The van der Waals surface area contributed by atoms with E-state index in [4.69, 9.17) is 6.42 Å². The van der Waals surface area contributed by atoms with Gasteiger partial charge in [0.25, 0.3) is 0 Å². The van der Waals surface area contributed by atoms with Crippen LogP contribution >= 0.6 is 0 Å². The summed E-state index contributed by atoms with van der Waals surface area (Å²) in [5.74, 6) is 3.49. The zero-order valence-corrected chi connectivity index (χ0v) is 9.27. The van der Waals surface area contributed by atoms with Crippen LogP contribution in [-0.2, 0) is 0 Å². The SMILES string of the molecule is C#CCCCC(C)CCNC(C)C. The van der Waals surface area contributed by atoms with Crippen LogP contribution in [0.5, 0.6) is 0 Å². The number of terminal acetylenes is 1. The summed E-state index contributed by atoms with van der Waals surface area (Å²) < 4.78 is 0. The van der Waals surface area contributed by atoms with Crippen LogP contribution in [0.4, 0.5) is 0 Å². The van der Waals surface area contributed by atoms with Crippen molar-refractivity contribution in [1.82, 2.24) is 5.32 Å². The van der Waals surface area contributed by atoms with Crippen LogP contribution in [0.3, 0.4) is 0 Å². The van der Waals surface area contributed by atoms with E-state index in [9.17, 15) is 0 Å². The molecule has 0 amide bonds. The summed E-state index contributed by atoms with van der Waals surface area (Å²) >= 11 is 0. The molecule has 76 valence electrons. The smallest absolute Gasteiger partial charge is 0.00861 e. The second-order valence-corrected chi connectivity index (χ2v) is 4.10. The van der Waals surface area contributed by atoms with Crippen LogP contribution in [0.15, 0.2) is 0 Å². The Balaban J connectivity index is 3.21. The summed E-state index contributed by atoms with van der Waals surface area (Å²) in [6.45, 7) is 7.80. The highest BCUT2D eigenvalue weighted by molar-refractivity contribution is 4.83. The highest BCUT2D eigenvalue weighted by Gasteiger charge is 2.01. The zero-order chi connectivity index (χ0) is 10.1. The van der Waals surface area contributed by atoms with Crippen molar-refractivity contribution in [3.63, 3.8) is 0 Å². The lowest BCUT2D eigenvalue weighted by atomic mass is 10.0. The van der Waals surface area contributed by atoms with E-state index in [-0.39, 0.29) is 0 Å². The largest absolute Gasteiger partial charge is 0.315 e. The van der Waals surface area contributed by atoms with Gasteiger partial charge in [-0.05, 0) is 31.7 Å². The van der Waals surface area contributed by atoms with Crippen molar-refractivity contribution in [2.75, 3.05) is 6.54 Å². The third-order valence-corrected chi connectivity index (χ3v) is 2.21. The molecule has 0 saturated carbocycles. The number of rotatable bonds is 7. The minimum absolute atomic E-state index is 0.609. The van der Waals surface area contributed by atoms with Crippen molar-refractivity contribution in [3.05, 3.63) is 0 Å². The molecule has 0 heterocycles. The van der Waals surface area contributed by atoms with Gasteiger partial charge in [0.05, 0.1) is 0 Å². The van der Waals surface area contributed by atoms with E-state index in [0.29, 0.717) is 6.04 Å². The Morgan fingerprint density at radius 2 is 1.92 bits per heavy atom. The number of unbranched alkanes of at least 4 members (excludes halogenated alkanes) is 1. The molecule has 0 bridgehead atoms. The van der Waals surface area contributed by atoms with Gasteiger partial charge in [0, 0.05) is 12.5 Å². The first kappa shape index (κ1) is 12.5. The molecule has 0 aromatic heterocycles. The molecule has 13 heavy (non-hydrogen) atoms. The second-order valence-electron chi connectivity index (χ2n) is 4.10. The molecular weight excluding hydrogens is 158 g/mol. The summed E-state index contributed by atoms with van der Waals surface area (Å²) in [6, 6.07) is 0.609. The van der Waals surface area contributed by atoms with Gasteiger partial charge in [0.1, 0.15) is 0 Å². The minimum atomic E-state index is 0.609. The predicted octanol–water partition coefficient (Wildman–Crippen LogP) is 2.81. The Labute approximate surface area is 83.3 Å². The molecule has 0 rings (SSSR count). The molecular formula is C12H23N. The van der Waals surface area contributed by atoms with E-state index < -0.39 is 0 Å². The number of hydrogen-bond acceptors (Lipinski definition) is 1. The van der Waals surface area contributed by atoms with Gasteiger partial charge in [-0.1, -0.05) is 20.8 Å². The fraction of sp³-hybridized carbons (Fsp3) is 0.833. The first-order chi connectivity index (χ1) is 6.16. The first-order valence-electron chi connectivity index (χ1n) is 5.33.